The smallest absolute Gasteiger partial charge is 0.333 e. The SMILES string of the molecule is Cc1csc(CNc2cccc(OC(C)C)c2[N+](=O)[O-])n1. The van der Waals surface area contributed by atoms with E-state index in [0.717, 1.165) is 10.7 Å². The van der Waals surface area contributed by atoms with Crippen molar-refractivity contribution in [3.63, 3.8) is 0 Å². The van der Waals surface area contributed by atoms with Crippen LogP contribution >= 0.6 is 11.3 Å². The van der Waals surface area contributed by atoms with Crippen LogP contribution in [0.1, 0.15) is 24.5 Å². The first-order valence-electron chi connectivity index (χ1n) is 6.56. The zero-order valence-electron chi connectivity index (χ0n) is 12.1. The number of nitrogens with zero attached hydrogens (tertiary/aromatic N) is 2. The summed E-state index contributed by atoms with van der Waals surface area (Å²) in [4.78, 5) is 15.2. The van der Waals surface area contributed by atoms with Gasteiger partial charge in [0.05, 0.1) is 17.6 Å². The van der Waals surface area contributed by atoms with Crippen molar-refractivity contribution in [3.05, 3.63) is 44.4 Å². The van der Waals surface area contributed by atoms with Crippen molar-refractivity contribution in [2.75, 3.05) is 5.32 Å². The quantitative estimate of drug-likeness (QED) is 0.649. The van der Waals surface area contributed by atoms with Gasteiger partial charge in [0.1, 0.15) is 10.7 Å². The second kappa shape index (κ2) is 6.53. The summed E-state index contributed by atoms with van der Waals surface area (Å²) in [5, 5.41) is 17.2. The normalized spacial score (nSPS) is 10.7. The van der Waals surface area contributed by atoms with E-state index in [2.05, 4.69) is 10.3 Å². The van der Waals surface area contributed by atoms with Crippen LogP contribution in [-0.2, 0) is 6.54 Å². The van der Waals surface area contributed by atoms with Gasteiger partial charge in [-0.25, -0.2) is 4.98 Å². The molecule has 21 heavy (non-hydrogen) atoms. The van der Waals surface area contributed by atoms with Crippen LogP contribution in [0, 0.1) is 17.0 Å². The van der Waals surface area contributed by atoms with Crippen LogP contribution in [0.25, 0.3) is 0 Å². The lowest BCUT2D eigenvalue weighted by Gasteiger charge is -2.12. The van der Waals surface area contributed by atoms with Crippen LogP contribution in [0.15, 0.2) is 23.6 Å². The Labute approximate surface area is 126 Å². The monoisotopic (exact) mass is 307 g/mol. The fourth-order valence-corrected chi connectivity index (χ4v) is 2.57. The molecule has 1 aromatic heterocycles. The minimum absolute atomic E-state index is 0.0421. The zero-order valence-corrected chi connectivity index (χ0v) is 12.9. The molecule has 2 aromatic rings. The molecule has 1 aromatic carbocycles. The lowest BCUT2D eigenvalue weighted by atomic mass is 10.2. The molecule has 0 radical (unpaired) electrons. The van der Waals surface area contributed by atoms with Crippen molar-refractivity contribution in [3.8, 4) is 5.75 Å². The summed E-state index contributed by atoms with van der Waals surface area (Å²) >= 11 is 1.52. The number of nitrogens with one attached hydrogen (secondary N) is 1. The number of aromatic nitrogens is 1. The molecule has 7 heteroatoms. The van der Waals surface area contributed by atoms with E-state index < -0.39 is 4.92 Å². The number of rotatable bonds is 6. The minimum atomic E-state index is -0.423. The van der Waals surface area contributed by atoms with Gasteiger partial charge in [0.15, 0.2) is 5.75 Å². The van der Waals surface area contributed by atoms with E-state index in [0.29, 0.717) is 12.2 Å². The topological polar surface area (TPSA) is 77.3 Å². The average molecular weight is 307 g/mol. The summed E-state index contributed by atoms with van der Waals surface area (Å²) in [6.45, 7) is 6.04. The first-order chi connectivity index (χ1) is 9.97. The summed E-state index contributed by atoms with van der Waals surface area (Å²) < 4.78 is 5.51. The fraction of sp³-hybridized carbons (Fsp3) is 0.357. The highest BCUT2D eigenvalue weighted by Crippen LogP contribution is 2.35. The Kier molecular flexibility index (Phi) is 4.74. The van der Waals surface area contributed by atoms with Crippen LogP contribution in [0.2, 0.25) is 0 Å². The molecule has 0 atom stereocenters. The van der Waals surface area contributed by atoms with Gasteiger partial charge in [-0.15, -0.1) is 11.3 Å². The molecule has 0 saturated carbocycles. The third-order valence-electron chi connectivity index (χ3n) is 2.64. The zero-order chi connectivity index (χ0) is 15.4. The Morgan fingerprint density at radius 1 is 1.48 bits per heavy atom. The highest BCUT2D eigenvalue weighted by atomic mass is 32.1. The van der Waals surface area contributed by atoms with Gasteiger partial charge in [0.2, 0.25) is 0 Å². The van der Waals surface area contributed by atoms with Crippen molar-refractivity contribution < 1.29 is 9.66 Å². The first kappa shape index (κ1) is 15.2. The van der Waals surface area contributed by atoms with Crippen molar-refractivity contribution >= 4 is 22.7 Å². The second-order valence-electron chi connectivity index (χ2n) is 4.81. The number of para-hydroxylation sites is 1. The van der Waals surface area contributed by atoms with Gasteiger partial charge in [0.25, 0.3) is 0 Å². The number of thiazole rings is 1. The molecule has 6 nitrogen and oxygen atoms in total. The third-order valence-corrected chi connectivity index (χ3v) is 3.61. The largest absolute Gasteiger partial charge is 0.484 e. The second-order valence-corrected chi connectivity index (χ2v) is 5.75. The number of hydrogen-bond acceptors (Lipinski definition) is 6. The van der Waals surface area contributed by atoms with E-state index in [4.69, 9.17) is 4.74 Å². The number of nitro groups is 1. The van der Waals surface area contributed by atoms with Crippen molar-refractivity contribution in [1.82, 2.24) is 4.98 Å². The summed E-state index contributed by atoms with van der Waals surface area (Å²) in [7, 11) is 0. The minimum Gasteiger partial charge on any atom is -0.484 e. The maximum atomic E-state index is 11.3. The number of aryl methyl sites for hydroxylation is 1. The molecule has 0 aliphatic carbocycles. The summed E-state index contributed by atoms with van der Waals surface area (Å²) in [6, 6.07) is 5.02. The van der Waals surface area contributed by atoms with Gasteiger partial charge in [-0.3, -0.25) is 10.1 Å². The average Bonchev–Trinajstić information content (AvgIpc) is 2.81. The van der Waals surface area contributed by atoms with Gasteiger partial charge >= 0.3 is 5.69 Å². The molecule has 112 valence electrons. The van der Waals surface area contributed by atoms with E-state index in [1.54, 1.807) is 18.2 Å². The number of anilines is 1. The van der Waals surface area contributed by atoms with Crippen molar-refractivity contribution in [2.24, 2.45) is 0 Å². The van der Waals surface area contributed by atoms with Crippen LogP contribution in [0.4, 0.5) is 11.4 Å². The predicted octanol–water partition coefficient (Wildman–Crippen LogP) is 3.76. The number of ether oxygens (including phenoxy) is 1. The van der Waals surface area contributed by atoms with E-state index in [9.17, 15) is 10.1 Å². The summed E-state index contributed by atoms with van der Waals surface area (Å²) in [6.07, 6.45) is -0.124. The Morgan fingerprint density at radius 2 is 2.24 bits per heavy atom. The molecule has 0 saturated heterocycles. The molecule has 0 unspecified atom stereocenters. The summed E-state index contributed by atoms with van der Waals surface area (Å²) in [5.74, 6) is 0.273. The summed E-state index contributed by atoms with van der Waals surface area (Å²) in [5.41, 5.74) is 1.34. The molecule has 0 amide bonds. The maximum absolute atomic E-state index is 11.3. The van der Waals surface area contributed by atoms with Gasteiger partial charge in [-0.2, -0.15) is 0 Å². The lowest BCUT2D eigenvalue weighted by Crippen LogP contribution is -2.09. The molecule has 0 bridgehead atoms. The van der Waals surface area contributed by atoms with E-state index >= 15 is 0 Å². The molecule has 0 aliphatic rings. The van der Waals surface area contributed by atoms with E-state index in [1.165, 1.54) is 11.3 Å². The Balaban J connectivity index is 2.23. The molecule has 2 rings (SSSR count). The lowest BCUT2D eigenvalue weighted by molar-refractivity contribution is -0.385. The molecular formula is C14H17N3O3S. The van der Waals surface area contributed by atoms with Gasteiger partial charge in [0, 0.05) is 11.1 Å². The molecule has 0 fully saturated rings. The fourth-order valence-electron chi connectivity index (χ4n) is 1.86. The van der Waals surface area contributed by atoms with Crippen LogP contribution in [0.3, 0.4) is 0 Å². The van der Waals surface area contributed by atoms with E-state index in [1.807, 2.05) is 26.2 Å². The van der Waals surface area contributed by atoms with Gasteiger partial charge in [-0.05, 0) is 32.9 Å². The Bertz CT molecular complexity index is 640. The third kappa shape index (κ3) is 3.91. The van der Waals surface area contributed by atoms with Crippen LogP contribution in [0.5, 0.6) is 5.75 Å². The molecule has 1 heterocycles. The molecule has 0 spiro atoms. The van der Waals surface area contributed by atoms with Crippen molar-refractivity contribution in [1.29, 1.82) is 0 Å². The van der Waals surface area contributed by atoms with Crippen LogP contribution in [-0.4, -0.2) is 16.0 Å². The number of benzene rings is 1. The van der Waals surface area contributed by atoms with Crippen molar-refractivity contribution in [2.45, 2.75) is 33.4 Å². The highest BCUT2D eigenvalue weighted by molar-refractivity contribution is 7.09. The molecular weight excluding hydrogens is 290 g/mol. The van der Waals surface area contributed by atoms with Gasteiger partial charge < -0.3 is 10.1 Å². The van der Waals surface area contributed by atoms with E-state index in [-0.39, 0.29) is 17.5 Å². The first-order valence-corrected chi connectivity index (χ1v) is 7.44. The maximum Gasteiger partial charge on any atom is 0.333 e. The standard InChI is InChI=1S/C14H17N3O3S/c1-9(2)20-12-6-4-5-11(14(12)17(18)19)15-7-13-16-10(3)8-21-13/h4-6,8-9,15H,7H2,1-3H3. The highest BCUT2D eigenvalue weighted by Gasteiger charge is 2.21. The van der Waals surface area contributed by atoms with Crippen LogP contribution < -0.4 is 10.1 Å². The number of hydrogen-bond donors (Lipinski definition) is 1. The number of nitro benzene ring substituents is 1. The van der Waals surface area contributed by atoms with Gasteiger partial charge in [-0.1, -0.05) is 6.07 Å². The molecule has 0 aliphatic heterocycles. The Hall–Kier alpha value is -2.15. The predicted molar refractivity (Wildman–Crippen MR) is 83.0 cm³/mol. The molecule has 1 N–H and O–H groups in total. The Morgan fingerprint density at radius 3 is 2.81 bits per heavy atom.